The number of amides is 2. The van der Waals surface area contributed by atoms with E-state index in [2.05, 4.69) is 10.6 Å². The minimum Gasteiger partial charge on any atom is -0.481 e. The molecule has 4 rings (SSSR count). The molecular weight excluding hydrogens is 643 g/mol. The van der Waals surface area contributed by atoms with Crippen LogP contribution in [0.3, 0.4) is 0 Å². The van der Waals surface area contributed by atoms with E-state index in [1.165, 1.54) is 18.2 Å². The van der Waals surface area contributed by atoms with Crippen LogP contribution >= 0.6 is 11.6 Å². The third-order valence-corrected chi connectivity index (χ3v) is 6.85. The number of anilines is 3. The molecular formula is C31H30ClFN4O10. The van der Waals surface area contributed by atoms with Gasteiger partial charge in [-0.25, -0.2) is 14.0 Å². The Hall–Kier alpha value is -5.54. The molecule has 0 bridgehead atoms. The van der Waals surface area contributed by atoms with Crippen molar-refractivity contribution in [1.29, 1.82) is 5.41 Å². The molecule has 0 spiro atoms. The second kappa shape index (κ2) is 16.1. The maximum Gasteiger partial charge on any atom is 0.412 e. The molecule has 1 atom stereocenters. The summed E-state index contributed by atoms with van der Waals surface area (Å²) >= 11 is 5.85. The fourth-order valence-corrected chi connectivity index (χ4v) is 4.47. The fraction of sp³-hybridized carbons (Fsp3) is 0.226. The van der Waals surface area contributed by atoms with Crippen molar-refractivity contribution in [3.8, 4) is 0 Å². The Balaban J connectivity index is 0.000000392. The van der Waals surface area contributed by atoms with Gasteiger partial charge < -0.3 is 35.4 Å². The monoisotopic (exact) mass is 672 g/mol. The average Bonchev–Trinajstić information content (AvgIpc) is 3.43. The smallest absolute Gasteiger partial charge is 0.412 e. The van der Waals surface area contributed by atoms with E-state index in [1.54, 1.807) is 54.6 Å². The second-order valence-corrected chi connectivity index (χ2v) is 10.6. The van der Waals surface area contributed by atoms with Gasteiger partial charge in [0.25, 0.3) is 5.91 Å². The van der Waals surface area contributed by atoms with Gasteiger partial charge in [0.2, 0.25) is 6.10 Å². The molecule has 1 heterocycles. The minimum absolute atomic E-state index is 0.0756. The molecule has 0 saturated carbocycles. The van der Waals surface area contributed by atoms with Crippen LogP contribution in [0.4, 0.5) is 26.2 Å². The van der Waals surface area contributed by atoms with Crippen molar-refractivity contribution in [1.82, 2.24) is 0 Å². The van der Waals surface area contributed by atoms with Gasteiger partial charge in [0.15, 0.2) is 5.60 Å². The Morgan fingerprint density at radius 1 is 0.894 bits per heavy atom. The largest absolute Gasteiger partial charge is 0.481 e. The van der Waals surface area contributed by atoms with Crippen molar-refractivity contribution in [2.24, 2.45) is 0 Å². The third kappa shape index (κ3) is 10.5. The van der Waals surface area contributed by atoms with E-state index in [-0.39, 0.29) is 5.56 Å². The molecule has 1 aliphatic heterocycles. The van der Waals surface area contributed by atoms with E-state index < -0.39 is 60.3 Å². The van der Waals surface area contributed by atoms with Crippen molar-refractivity contribution in [2.75, 3.05) is 22.1 Å². The Labute approximate surface area is 271 Å². The molecule has 16 heteroatoms. The Morgan fingerprint density at radius 2 is 1.45 bits per heavy atom. The zero-order valence-electron chi connectivity index (χ0n) is 24.5. The Bertz CT molecular complexity index is 1620. The SMILES string of the molecule is N=C1CCCN1c1ccc(NC(=O)C(OC(=O)Nc2ccc(Cl)cc2)c2ccccc2F)cc1.O=C(O)CC(O)(CC(=O)O)C(=O)O. The number of amidine groups is 1. The summed E-state index contributed by atoms with van der Waals surface area (Å²) in [5, 5.41) is 47.5. The van der Waals surface area contributed by atoms with E-state index in [0.717, 1.165) is 25.1 Å². The number of ether oxygens (including phenoxy) is 1. The lowest BCUT2D eigenvalue weighted by molar-refractivity contribution is -0.170. The first-order chi connectivity index (χ1) is 22.2. The maximum absolute atomic E-state index is 14.5. The number of halogens is 2. The summed E-state index contributed by atoms with van der Waals surface area (Å²) in [6.45, 7) is 0.774. The fourth-order valence-electron chi connectivity index (χ4n) is 4.34. The first kappa shape index (κ1) is 35.9. The number of aliphatic carboxylic acids is 3. The lowest BCUT2D eigenvalue weighted by Gasteiger charge is -2.20. The van der Waals surface area contributed by atoms with Crippen LogP contribution in [-0.4, -0.2) is 68.3 Å². The summed E-state index contributed by atoms with van der Waals surface area (Å²) in [7, 11) is 0. The average molecular weight is 673 g/mol. The third-order valence-electron chi connectivity index (χ3n) is 6.59. The summed E-state index contributed by atoms with van der Waals surface area (Å²) in [6.07, 6.45) is -3.08. The number of hydrogen-bond donors (Lipinski definition) is 7. The van der Waals surface area contributed by atoms with E-state index in [0.29, 0.717) is 22.2 Å². The van der Waals surface area contributed by atoms with Crippen molar-refractivity contribution < 1.29 is 53.5 Å². The number of nitrogens with zero attached hydrogens (tertiary/aromatic N) is 1. The van der Waals surface area contributed by atoms with Crippen LogP contribution in [-0.2, 0) is 23.9 Å². The highest BCUT2D eigenvalue weighted by Crippen LogP contribution is 2.26. The Morgan fingerprint density at radius 3 is 1.96 bits per heavy atom. The van der Waals surface area contributed by atoms with Gasteiger partial charge in [0.1, 0.15) is 11.7 Å². The number of carboxylic acids is 3. The van der Waals surface area contributed by atoms with Gasteiger partial charge >= 0.3 is 24.0 Å². The zero-order valence-corrected chi connectivity index (χ0v) is 25.2. The zero-order chi connectivity index (χ0) is 34.7. The highest BCUT2D eigenvalue weighted by Gasteiger charge is 2.40. The molecule has 3 aromatic rings. The van der Waals surface area contributed by atoms with E-state index in [4.69, 9.17) is 42.2 Å². The first-order valence-corrected chi connectivity index (χ1v) is 14.2. The van der Waals surface area contributed by atoms with Crippen molar-refractivity contribution in [3.05, 3.63) is 89.2 Å². The first-order valence-electron chi connectivity index (χ1n) is 13.8. The summed E-state index contributed by atoms with van der Waals surface area (Å²) in [5.41, 5.74) is -1.11. The van der Waals surface area contributed by atoms with Crippen LogP contribution in [0.15, 0.2) is 72.8 Å². The molecule has 2 amide bonds. The van der Waals surface area contributed by atoms with Crippen LogP contribution in [0.25, 0.3) is 0 Å². The van der Waals surface area contributed by atoms with E-state index >= 15 is 0 Å². The van der Waals surface area contributed by atoms with Gasteiger partial charge in [-0.2, -0.15) is 0 Å². The highest BCUT2D eigenvalue weighted by molar-refractivity contribution is 6.30. The van der Waals surface area contributed by atoms with Crippen LogP contribution in [0.2, 0.25) is 5.02 Å². The Kier molecular flexibility index (Phi) is 12.3. The lowest BCUT2D eigenvalue weighted by atomic mass is 9.96. The minimum atomic E-state index is -2.74. The molecule has 0 radical (unpaired) electrons. The van der Waals surface area contributed by atoms with Gasteiger partial charge in [0.05, 0.1) is 12.8 Å². The van der Waals surface area contributed by atoms with Crippen LogP contribution in [0, 0.1) is 11.2 Å². The van der Waals surface area contributed by atoms with Crippen LogP contribution < -0.4 is 15.5 Å². The summed E-state index contributed by atoms with van der Waals surface area (Å²) in [4.78, 5) is 57.9. The molecule has 248 valence electrons. The predicted octanol–water partition coefficient (Wildman–Crippen LogP) is 4.74. The lowest BCUT2D eigenvalue weighted by Crippen LogP contribution is -2.42. The van der Waals surface area contributed by atoms with Crippen molar-refractivity contribution >= 4 is 64.4 Å². The predicted molar refractivity (Wildman–Crippen MR) is 167 cm³/mol. The number of hydrogen-bond acceptors (Lipinski definition) is 8. The van der Waals surface area contributed by atoms with Gasteiger partial charge in [-0.1, -0.05) is 29.8 Å². The number of nitrogens with one attached hydrogen (secondary N) is 3. The molecule has 1 fully saturated rings. The number of carboxylic acid groups (broad SMARTS) is 3. The second-order valence-electron chi connectivity index (χ2n) is 10.2. The quantitative estimate of drug-likeness (QED) is 0.147. The summed E-state index contributed by atoms with van der Waals surface area (Å²) < 4.78 is 19.8. The normalized spacial score (nSPS) is 13.1. The molecule has 47 heavy (non-hydrogen) atoms. The van der Waals surface area contributed by atoms with Gasteiger partial charge in [-0.15, -0.1) is 0 Å². The summed E-state index contributed by atoms with van der Waals surface area (Å²) in [6, 6.07) is 18.9. The molecule has 1 saturated heterocycles. The number of carbonyl (C=O) groups excluding carboxylic acids is 2. The molecule has 1 aliphatic rings. The molecule has 1 unspecified atom stereocenters. The molecule has 14 nitrogen and oxygen atoms in total. The van der Waals surface area contributed by atoms with Crippen molar-refractivity contribution in [3.63, 3.8) is 0 Å². The van der Waals surface area contributed by atoms with Gasteiger partial charge in [-0.3, -0.25) is 25.1 Å². The molecule has 0 aliphatic carbocycles. The number of rotatable bonds is 11. The maximum atomic E-state index is 14.5. The standard InChI is InChI=1S/C25H22ClFN4O3.C6H8O7/c26-16-7-9-18(10-8-16)30-25(33)34-23(20-4-1-2-5-21(20)27)24(32)29-17-11-13-19(14-12-17)31-15-3-6-22(31)28;7-3(8)1-6(13,5(11)12)2-4(9)10/h1-2,4-5,7-14,23,28H,3,6,15H2,(H,29,32)(H,30,33);13H,1-2H2,(H,7,8)(H,9,10)(H,11,12). The number of benzene rings is 3. The van der Waals surface area contributed by atoms with Crippen LogP contribution in [0.1, 0.15) is 37.4 Å². The van der Waals surface area contributed by atoms with Crippen LogP contribution in [0.5, 0.6) is 0 Å². The molecule has 3 aromatic carbocycles. The topological polar surface area (TPSA) is 227 Å². The highest BCUT2D eigenvalue weighted by atomic mass is 35.5. The van der Waals surface area contributed by atoms with E-state index in [1.807, 2.05) is 4.90 Å². The van der Waals surface area contributed by atoms with Crippen molar-refractivity contribution in [2.45, 2.75) is 37.4 Å². The van der Waals surface area contributed by atoms with Gasteiger partial charge in [-0.05, 0) is 61.0 Å². The summed E-state index contributed by atoms with van der Waals surface area (Å²) in [5.74, 6) is -5.85. The molecule has 0 aromatic heterocycles. The van der Waals surface area contributed by atoms with Gasteiger partial charge in [0, 0.05) is 40.6 Å². The van der Waals surface area contributed by atoms with E-state index in [9.17, 15) is 28.4 Å². The molecule has 7 N–H and O–H groups in total. The number of aliphatic hydroxyl groups is 1. The number of carbonyl (C=O) groups is 5.